The second-order valence-corrected chi connectivity index (χ2v) is 5.61. The van der Waals surface area contributed by atoms with Crippen LogP contribution in [-0.4, -0.2) is 18.6 Å². The number of rotatable bonds is 8. The van der Waals surface area contributed by atoms with Crippen LogP contribution in [-0.2, 0) is 0 Å². The zero-order valence-corrected chi connectivity index (χ0v) is 10.5. The van der Waals surface area contributed by atoms with Crippen molar-refractivity contribution in [1.82, 2.24) is 5.32 Å². The zero-order valence-electron chi connectivity index (χ0n) is 10.5. The molecule has 1 aliphatic carbocycles. The van der Waals surface area contributed by atoms with Crippen molar-refractivity contribution in [3.63, 3.8) is 0 Å². The van der Waals surface area contributed by atoms with E-state index in [0.29, 0.717) is 0 Å². The molecule has 2 nitrogen and oxygen atoms in total. The Hall–Kier alpha value is -0.0800. The van der Waals surface area contributed by atoms with Crippen LogP contribution in [0.4, 0.5) is 0 Å². The molecule has 0 spiro atoms. The summed E-state index contributed by atoms with van der Waals surface area (Å²) in [5.74, 6) is 0.854. The molecule has 0 aromatic rings. The molecule has 0 atom stereocenters. The van der Waals surface area contributed by atoms with Gasteiger partial charge >= 0.3 is 0 Å². The molecule has 1 fully saturated rings. The van der Waals surface area contributed by atoms with E-state index in [9.17, 15) is 0 Å². The average Bonchev–Trinajstić information content (AvgIpc) is 2.13. The highest BCUT2D eigenvalue weighted by molar-refractivity contribution is 4.92. The first-order chi connectivity index (χ1) is 7.12. The van der Waals surface area contributed by atoms with Gasteiger partial charge in [0.05, 0.1) is 0 Å². The largest absolute Gasteiger partial charge is 0.325 e. The molecule has 0 aromatic heterocycles. The summed E-state index contributed by atoms with van der Waals surface area (Å²) in [5, 5.41) is 3.50. The molecule has 1 rings (SSSR count). The Bertz CT molecular complexity index is 162. The van der Waals surface area contributed by atoms with Gasteiger partial charge < -0.3 is 11.1 Å². The van der Waals surface area contributed by atoms with Gasteiger partial charge in [-0.15, -0.1) is 0 Å². The van der Waals surface area contributed by atoms with Crippen LogP contribution < -0.4 is 11.1 Å². The highest BCUT2D eigenvalue weighted by atomic mass is 14.9. The molecular formula is C13H28N2. The molecule has 3 N–H and O–H groups in total. The van der Waals surface area contributed by atoms with Gasteiger partial charge in [-0.2, -0.15) is 0 Å². The van der Waals surface area contributed by atoms with Crippen LogP contribution in [0.1, 0.15) is 58.8 Å². The molecule has 0 radical (unpaired) electrons. The third kappa shape index (κ3) is 5.53. The first kappa shape index (κ1) is 13.0. The molecule has 15 heavy (non-hydrogen) atoms. The van der Waals surface area contributed by atoms with Gasteiger partial charge in [-0.25, -0.2) is 0 Å². The maximum Gasteiger partial charge on any atom is 0.0166 e. The lowest BCUT2D eigenvalue weighted by Crippen LogP contribution is -2.48. The zero-order chi connectivity index (χ0) is 11.1. The minimum Gasteiger partial charge on any atom is -0.325 e. The van der Waals surface area contributed by atoms with Crippen LogP contribution in [0.5, 0.6) is 0 Å². The lowest BCUT2D eigenvalue weighted by atomic mass is 9.75. The Morgan fingerprint density at radius 3 is 2.47 bits per heavy atom. The van der Waals surface area contributed by atoms with Crippen LogP contribution in [0.2, 0.25) is 0 Å². The highest BCUT2D eigenvalue weighted by Gasteiger charge is 2.31. The van der Waals surface area contributed by atoms with Crippen LogP contribution in [0, 0.1) is 5.92 Å². The SMILES string of the molecule is CC(C)CCCCNCCC1(N)CCC1. The minimum absolute atomic E-state index is 0.199. The Kier molecular flexibility index (Phi) is 5.62. The fourth-order valence-electron chi connectivity index (χ4n) is 2.15. The summed E-state index contributed by atoms with van der Waals surface area (Å²) < 4.78 is 0. The minimum atomic E-state index is 0.199. The molecule has 1 aliphatic rings. The Labute approximate surface area is 95.0 Å². The maximum atomic E-state index is 6.14. The number of hydrogen-bond acceptors (Lipinski definition) is 2. The first-order valence-electron chi connectivity index (χ1n) is 6.62. The van der Waals surface area contributed by atoms with Crippen molar-refractivity contribution in [1.29, 1.82) is 0 Å². The predicted octanol–water partition coefficient (Wildman–Crippen LogP) is 2.67. The third-order valence-corrected chi connectivity index (χ3v) is 3.53. The summed E-state index contributed by atoms with van der Waals surface area (Å²) >= 11 is 0. The summed E-state index contributed by atoms with van der Waals surface area (Å²) in [6.07, 6.45) is 9.02. The van der Waals surface area contributed by atoms with Crippen molar-refractivity contribution in [3.05, 3.63) is 0 Å². The second-order valence-electron chi connectivity index (χ2n) is 5.61. The van der Waals surface area contributed by atoms with Gasteiger partial charge in [-0.3, -0.25) is 0 Å². The van der Waals surface area contributed by atoms with Crippen molar-refractivity contribution in [2.24, 2.45) is 11.7 Å². The summed E-state index contributed by atoms with van der Waals surface area (Å²) in [5.41, 5.74) is 6.34. The number of nitrogens with two attached hydrogens (primary N) is 1. The summed E-state index contributed by atoms with van der Waals surface area (Å²) in [4.78, 5) is 0. The van der Waals surface area contributed by atoms with E-state index in [4.69, 9.17) is 5.73 Å². The van der Waals surface area contributed by atoms with Crippen LogP contribution in [0.3, 0.4) is 0 Å². The van der Waals surface area contributed by atoms with Gasteiger partial charge in [0.15, 0.2) is 0 Å². The topological polar surface area (TPSA) is 38.0 Å². The summed E-state index contributed by atoms with van der Waals surface area (Å²) in [6.45, 7) is 6.87. The van der Waals surface area contributed by atoms with E-state index in [0.717, 1.165) is 18.9 Å². The fraction of sp³-hybridized carbons (Fsp3) is 1.00. The number of hydrogen-bond donors (Lipinski definition) is 2. The number of nitrogens with one attached hydrogen (secondary N) is 1. The van der Waals surface area contributed by atoms with E-state index >= 15 is 0 Å². The van der Waals surface area contributed by atoms with E-state index in [-0.39, 0.29) is 5.54 Å². The van der Waals surface area contributed by atoms with Crippen molar-refractivity contribution >= 4 is 0 Å². The monoisotopic (exact) mass is 212 g/mol. The van der Waals surface area contributed by atoms with Gasteiger partial charge in [-0.1, -0.05) is 26.7 Å². The van der Waals surface area contributed by atoms with E-state index in [1.165, 1.54) is 45.1 Å². The van der Waals surface area contributed by atoms with E-state index in [1.54, 1.807) is 0 Å². The highest BCUT2D eigenvalue weighted by Crippen LogP contribution is 2.31. The van der Waals surface area contributed by atoms with Crippen LogP contribution >= 0.6 is 0 Å². The lowest BCUT2D eigenvalue weighted by molar-refractivity contribution is 0.229. The molecule has 0 bridgehead atoms. The number of unbranched alkanes of at least 4 members (excludes halogenated alkanes) is 1. The summed E-state index contributed by atoms with van der Waals surface area (Å²) in [6, 6.07) is 0. The van der Waals surface area contributed by atoms with Crippen molar-refractivity contribution < 1.29 is 0 Å². The average molecular weight is 212 g/mol. The van der Waals surface area contributed by atoms with Gasteiger partial charge in [0.2, 0.25) is 0 Å². The molecule has 0 aromatic carbocycles. The fourth-order valence-corrected chi connectivity index (χ4v) is 2.15. The molecule has 0 unspecified atom stereocenters. The molecule has 90 valence electrons. The van der Waals surface area contributed by atoms with Crippen molar-refractivity contribution in [2.75, 3.05) is 13.1 Å². The lowest BCUT2D eigenvalue weighted by Gasteiger charge is -2.38. The Morgan fingerprint density at radius 2 is 1.93 bits per heavy atom. The summed E-state index contributed by atoms with van der Waals surface area (Å²) in [7, 11) is 0. The maximum absolute atomic E-state index is 6.14. The van der Waals surface area contributed by atoms with Gasteiger partial charge in [0, 0.05) is 5.54 Å². The Balaban J connectivity index is 1.81. The van der Waals surface area contributed by atoms with Gasteiger partial charge in [0.25, 0.3) is 0 Å². The molecule has 1 saturated carbocycles. The van der Waals surface area contributed by atoms with Crippen LogP contribution in [0.15, 0.2) is 0 Å². The normalized spacial score (nSPS) is 19.2. The van der Waals surface area contributed by atoms with Crippen molar-refractivity contribution in [2.45, 2.75) is 64.3 Å². The Morgan fingerprint density at radius 1 is 1.20 bits per heavy atom. The molecular weight excluding hydrogens is 184 g/mol. The molecule has 0 amide bonds. The van der Waals surface area contributed by atoms with Gasteiger partial charge in [0.1, 0.15) is 0 Å². The smallest absolute Gasteiger partial charge is 0.0166 e. The second kappa shape index (κ2) is 6.49. The van der Waals surface area contributed by atoms with E-state index in [1.807, 2.05) is 0 Å². The van der Waals surface area contributed by atoms with E-state index < -0.39 is 0 Å². The quantitative estimate of drug-likeness (QED) is 0.607. The molecule has 0 aliphatic heterocycles. The third-order valence-electron chi connectivity index (χ3n) is 3.53. The molecule has 0 saturated heterocycles. The molecule has 2 heteroatoms. The first-order valence-corrected chi connectivity index (χ1v) is 6.62. The van der Waals surface area contributed by atoms with E-state index in [2.05, 4.69) is 19.2 Å². The van der Waals surface area contributed by atoms with Crippen LogP contribution in [0.25, 0.3) is 0 Å². The predicted molar refractivity (Wildman–Crippen MR) is 66.9 cm³/mol. The van der Waals surface area contributed by atoms with Gasteiger partial charge in [-0.05, 0) is 51.1 Å². The van der Waals surface area contributed by atoms with Crippen molar-refractivity contribution in [3.8, 4) is 0 Å². The molecule has 0 heterocycles. The standard InChI is InChI=1S/C13H28N2/c1-12(2)6-3-4-10-15-11-9-13(14)7-5-8-13/h12,15H,3-11,14H2,1-2H3.